The minimum Gasteiger partial charge on any atom is -0.351 e. The van der Waals surface area contributed by atoms with Crippen molar-refractivity contribution in [2.75, 3.05) is 20.1 Å². The van der Waals surface area contributed by atoms with E-state index in [0.29, 0.717) is 5.92 Å². The van der Waals surface area contributed by atoms with Crippen LogP contribution in [0.4, 0.5) is 0 Å². The van der Waals surface area contributed by atoms with Crippen LogP contribution in [-0.4, -0.2) is 40.8 Å². The number of aryl methyl sites for hydroxylation is 1. The summed E-state index contributed by atoms with van der Waals surface area (Å²) in [4.78, 5) is 8.06. The van der Waals surface area contributed by atoms with Gasteiger partial charge in [0.05, 0.1) is 16.5 Å². The number of rotatable bonds is 3. The molecule has 0 aliphatic carbocycles. The summed E-state index contributed by atoms with van der Waals surface area (Å²) in [6.07, 6.45) is 5.25. The maximum Gasteiger partial charge on any atom is 0.193 e. The molecule has 8 heteroatoms. The van der Waals surface area contributed by atoms with Gasteiger partial charge < -0.3 is 10.2 Å². The van der Waals surface area contributed by atoms with Crippen LogP contribution in [0.25, 0.3) is 0 Å². The molecule has 1 N–H and O–H groups in total. The summed E-state index contributed by atoms with van der Waals surface area (Å²) in [7, 11) is 3.82. The fraction of sp³-hybridized carbons (Fsp3) is 0.467. The van der Waals surface area contributed by atoms with Crippen LogP contribution in [0.3, 0.4) is 0 Å². The van der Waals surface area contributed by atoms with E-state index in [4.69, 9.17) is 0 Å². The van der Waals surface area contributed by atoms with Crippen LogP contribution in [0.15, 0.2) is 33.3 Å². The lowest BCUT2D eigenvalue weighted by molar-refractivity contribution is 0.486. The van der Waals surface area contributed by atoms with Crippen LogP contribution in [0.1, 0.15) is 22.8 Å². The zero-order valence-corrected chi connectivity index (χ0v) is 17.9. The number of hydrogen-bond donors (Lipinski definition) is 1. The van der Waals surface area contributed by atoms with E-state index in [1.165, 1.54) is 10.4 Å². The van der Waals surface area contributed by atoms with Gasteiger partial charge in [-0.3, -0.25) is 9.67 Å². The van der Waals surface area contributed by atoms with Gasteiger partial charge in [0, 0.05) is 44.2 Å². The van der Waals surface area contributed by atoms with Gasteiger partial charge in [-0.15, -0.1) is 35.3 Å². The Kier molecular flexibility index (Phi) is 6.90. The molecule has 3 heterocycles. The number of hydrogen-bond acceptors (Lipinski definition) is 3. The Morgan fingerprint density at radius 3 is 2.96 bits per heavy atom. The third-order valence-electron chi connectivity index (χ3n) is 3.95. The van der Waals surface area contributed by atoms with E-state index in [2.05, 4.69) is 54.6 Å². The largest absolute Gasteiger partial charge is 0.351 e. The van der Waals surface area contributed by atoms with Crippen LogP contribution < -0.4 is 5.32 Å². The first-order chi connectivity index (χ1) is 10.7. The number of thiophene rings is 1. The summed E-state index contributed by atoms with van der Waals surface area (Å²) in [6, 6.07) is 4.22. The summed E-state index contributed by atoms with van der Waals surface area (Å²) >= 11 is 5.25. The molecule has 0 spiro atoms. The quantitative estimate of drug-likeness (QED) is 0.391. The lowest BCUT2D eigenvalue weighted by atomic mass is 10.0. The highest BCUT2D eigenvalue weighted by Crippen LogP contribution is 2.27. The summed E-state index contributed by atoms with van der Waals surface area (Å²) in [6.45, 7) is 2.85. The molecule has 0 radical (unpaired) electrons. The van der Waals surface area contributed by atoms with E-state index in [1.807, 2.05) is 25.0 Å². The number of aromatic nitrogens is 2. The van der Waals surface area contributed by atoms with Crippen LogP contribution in [0, 0.1) is 0 Å². The number of nitrogens with one attached hydrogen (secondary N) is 1. The zero-order valence-electron chi connectivity index (χ0n) is 13.2. The molecular weight excluding hydrogens is 489 g/mol. The molecule has 23 heavy (non-hydrogen) atoms. The Balaban J connectivity index is 0.00000192. The molecule has 0 amide bonds. The van der Waals surface area contributed by atoms with Crippen molar-refractivity contribution in [3.63, 3.8) is 0 Å². The summed E-state index contributed by atoms with van der Waals surface area (Å²) in [5.74, 6) is 1.53. The maximum absolute atomic E-state index is 4.43. The van der Waals surface area contributed by atoms with Crippen molar-refractivity contribution in [3.8, 4) is 0 Å². The van der Waals surface area contributed by atoms with Gasteiger partial charge in [-0.2, -0.15) is 5.10 Å². The van der Waals surface area contributed by atoms with Gasteiger partial charge in [-0.25, -0.2) is 0 Å². The molecule has 1 aliphatic heterocycles. The molecule has 2 aromatic rings. The smallest absolute Gasteiger partial charge is 0.193 e. The van der Waals surface area contributed by atoms with Crippen molar-refractivity contribution in [2.45, 2.75) is 18.9 Å². The number of likely N-dealkylation sites (tertiary alicyclic amines) is 1. The van der Waals surface area contributed by atoms with Gasteiger partial charge in [-0.1, -0.05) is 0 Å². The van der Waals surface area contributed by atoms with Crippen LogP contribution >= 0.6 is 51.2 Å². The highest BCUT2D eigenvalue weighted by molar-refractivity contribution is 14.0. The highest BCUT2D eigenvalue weighted by atomic mass is 127. The third-order valence-corrected chi connectivity index (χ3v) is 5.57. The Morgan fingerprint density at radius 2 is 2.35 bits per heavy atom. The molecule has 1 fully saturated rings. The molecule has 3 rings (SSSR count). The first-order valence-corrected chi connectivity index (χ1v) is 8.95. The second-order valence-corrected chi connectivity index (χ2v) is 8.03. The second-order valence-electron chi connectivity index (χ2n) is 5.49. The molecule has 1 atom stereocenters. The van der Waals surface area contributed by atoms with E-state index >= 15 is 0 Å². The Labute approximate surface area is 166 Å². The second kappa shape index (κ2) is 8.48. The lowest BCUT2D eigenvalue weighted by Gasteiger charge is -2.21. The van der Waals surface area contributed by atoms with Gasteiger partial charge in [-0.05, 0) is 40.0 Å². The van der Waals surface area contributed by atoms with Gasteiger partial charge in [0.25, 0.3) is 0 Å². The predicted octanol–water partition coefficient (Wildman–Crippen LogP) is 3.43. The number of aliphatic imine (C=N–C) groups is 1. The molecule has 0 bridgehead atoms. The van der Waals surface area contributed by atoms with Crippen molar-refractivity contribution in [1.82, 2.24) is 20.0 Å². The molecule has 0 saturated carbocycles. The highest BCUT2D eigenvalue weighted by Gasteiger charge is 2.26. The minimum absolute atomic E-state index is 0. The average Bonchev–Trinajstić information content (AvgIpc) is 3.21. The molecule has 2 aromatic heterocycles. The van der Waals surface area contributed by atoms with Gasteiger partial charge in [0.15, 0.2) is 5.96 Å². The van der Waals surface area contributed by atoms with E-state index in [9.17, 15) is 0 Å². The SMILES string of the molecule is CN=C(NCc1ccc(Br)s1)N1CCC(c2cnn(C)c2)C1.I. The van der Waals surface area contributed by atoms with E-state index < -0.39 is 0 Å². The Hall–Kier alpha value is -0.610. The fourth-order valence-electron chi connectivity index (χ4n) is 2.82. The number of nitrogens with zero attached hydrogens (tertiary/aromatic N) is 4. The summed E-state index contributed by atoms with van der Waals surface area (Å²) in [5.41, 5.74) is 1.32. The number of halogens is 2. The first kappa shape index (κ1) is 18.7. The van der Waals surface area contributed by atoms with Crippen molar-refractivity contribution in [3.05, 3.63) is 38.8 Å². The molecule has 126 valence electrons. The van der Waals surface area contributed by atoms with Crippen LogP contribution in [0.5, 0.6) is 0 Å². The molecule has 1 unspecified atom stereocenters. The van der Waals surface area contributed by atoms with Gasteiger partial charge >= 0.3 is 0 Å². The number of guanidine groups is 1. The standard InChI is InChI=1S/C15H20BrN5S.HI/c1-17-15(18-8-13-3-4-14(16)22-13)21-6-5-11(10-21)12-7-19-20(2)9-12;/h3-4,7,9,11H,5-6,8,10H2,1-2H3,(H,17,18);1H. The van der Waals surface area contributed by atoms with Crippen molar-refractivity contribution >= 4 is 57.2 Å². The van der Waals surface area contributed by atoms with E-state index in [0.717, 1.165) is 35.8 Å². The van der Waals surface area contributed by atoms with Crippen molar-refractivity contribution in [1.29, 1.82) is 0 Å². The van der Waals surface area contributed by atoms with Crippen LogP contribution in [-0.2, 0) is 13.6 Å². The molecular formula is C15H21BrIN5S. The van der Waals surface area contributed by atoms with Gasteiger partial charge in [0.2, 0.25) is 0 Å². The monoisotopic (exact) mass is 509 g/mol. The normalized spacial score (nSPS) is 18.1. The van der Waals surface area contributed by atoms with Crippen molar-refractivity contribution in [2.24, 2.45) is 12.0 Å². The topological polar surface area (TPSA) is 45.5 Å². The predicted molar refractivity (Wildman–Crippen MR) is 110 cm³/mol. The fourth-order valence-corrected chi connectivity index (χ4v) is 4.24. The average molecular weight is 510 g/mol. The first-order valence-electron chi connectivity index (χ1n) is 7.34. The van der Waals surface area contributed by atoms with Crippen LogP contribution in [0.2, 0.25) is 0 Å². The summed E-state index contributed by atoms with van der Waals surface area (Å²) in [5, 5.41) is 7.74. The third kappa shape index (κ3) is 4.69. The zero-order chi connectivity index (χ0) is 15.5. The molecule has 5 nitrogen and oxygen atoms in total. The molecule has 1 saturated heterocycles. The van der Waals surface area contributed by atoms with E-state index in [1.54, 1.807) is 11.3 Å². The van der Waals surface area contributed by atoms with Gasteiger partial charge in [0.1, 0.15) is 0 Å². The molecule has 1 aliphatic rings. The van der Waals surface area contributed by atoms with E-state index in [-0.39, 0.29) is 24.0 Å². The maximum atomic E-state index is 4.43. The minimum atomic E-state index is 0. The Bertz CT molecular complexity index is 668. The summed E-state index contributed by atoms with van der Waals surface area (Å²) < 4.78 is 3.04. The lowest BCUT2D eigenvalue weighted by Crippen LogP contribution is -2.39. The molecule has 0 aromatic carbocycles. The van der Waals surface area contributed by atoms with Crippen molar-refractivity contribution < 1.29 is 0 Å². The Morgan fingerprint density at radius 1 is 1.52 bits per heavy atom.